The number of halogens is 2. The first-order valence-corrected chi connectivity index (χ1v) is 10.9. The van der Waals surface area contributed by atoms with Crippen LogP contribution in [0.2, 0.25) is 5.02 Å². The zero-order valence-electron chi connectivity index (χ0n) is 13.9. The molecule has 1 aliphatic heterocycles. The highest BCUT2D eigenvalue weighted by Gasteiger charge is 2.25. The third kappa shape index (κ3) is 4.28. The van der Waals surface area contributed by atoms with Crippen LogP contribution in [0, 0.1) is 0 Å². The summed E-state index contributed by atoms with van der Waals surface area (Å²) in [6.45, 7) is 1.10. The van der Waals surface area contributed by atoms with Crippen molar-refractivity contribution in [3.05, 3.63) is 57.5 Å². The fraction of sp³-hybridized carbons (Fsp3) is 0.278. The lowest BCUT2D eigenvalue weighted by Crippen LogP contribution is -2.35. The summed E-state index contributed by atoms with van der Waals surface area (Å²) in [4.78, 5) is 12.6. The number of nitrogens with one attached hydrogen (secondary N) is 1. The molecule has 1 aliphatic rings. The first-order chi connectivity index (χ1) is 12.4. The predicted molar refractivity (Wildman–Crippen MR) is 106 cm³/mol. The van der Waals surface area contributed by atoms with Crippen molar-refractivity contribution in [3.8, 4) is 0 Å². The number of anilines is 1. The normalized spacial score (nSPS) is 15.6. The van der Waals surface area contributed by atoms with Gasteiger partial charge in [-0.15, -0.1) is 0 Å². The summed E-state index contributed by atoms with van der Waals surface area (Å²) in [6.07, 6.45) is 2.82. The van der Waals surface area contributed by atoms with Gasteiger partial charge in [0.05, 0.1) is 15.6 Å². The minimum absolute atomic E-state index is 0.206. The van der Waals surface area contributed by atoms with Crippen molar-refractivity contribution < 1.29 is 13.2 Å². The molecule has 1 N–H and O–H groups in total. The van der Waals surface area contributed by atoms with E-state index in [0.717, 1.165) is 23.7 Å². The molecule has 0 spiro atoms. The van der Waals surface area contributed by atoms with Crippen LogP contribution in [0.4, 0.5) is 5.69 Å². The standard InChI is InChI=1S/C18H18BrClN2O3S/c19-14-6-9-17(16(20)12-14)21-18(23)13-4-7-15(8-5-13)26(24,25)22-10-2-1-3-11-22/h4-9,12H,1-3,10-11H2,(H,21,23). The average Bonchev–Trinajstić information content (AvgIpc) is 2.65. The first-order valence-electron chi connectivity index (χ1n) is 8.24. The number of sulfonamides is 1. The van der Waals surface area contributed by atoms with Crippen LogP contribution in [0.5, 0.6) is 0 Å². The Morgan fingerprint density at radius 1 is 1.04 bits per heavy atom. The third-order valence-electron chi connectivity index (χ3n) is 4.25. The molecule has 0 atom stereocenters. The molecule has 138 valence electrons. The summed E-state index contributed by atoms with van der Waals surface area (Å²) in [5, 5.41) is 3.14. The van der Waals surface area contributed by atoms with Gasteiger partial charge in [0.15, 0.2) is 0 Å². The molecule has 5 nitrogen and oxygen atoms in total. The molecule has 3 rings (SSSR count). The summed E-state index contributed by atoms with van der Waals surface area (Å²) in [7, 11) is -3.50. The van der Waals surface area contributed by atoms with Crippen molar-refractivity contribution in [2.75, 3.05) is 18.4 Å². The number of rotatable bonds is 4. The van der Waals surface area contributed by atoms with E-state index in [2.05, 4.69) is 21.2 Å². The number of nitrogens with zero attached hydrogens (tertiary/aromatic N) is 1. The highest BCUT2D eigenvalue weighted by Crippen LogP contribution is 2.26. The van der Waals surface area contributed by atoms with E-state index < -0.39 is 10.0 Å². The molecule has 1 amide bonds. The largest absolute Gasteiger partial charge is 0.321 e. The van der Waals surface area contributed by atoms with Crippen LogP contribution in [0.25, 0.3) is 0 Å². The number of hydrogen-bond donors (Lipinski definition) is 1. The number of carbonyl (C=O) groups is 1. The van der Waals surface area contributed by atoms with Gasteiger partial charge in [-0.3, -0.25) is 4.79 Å². The van der Waals surface area contributed by atoms with Crippen molar-refractivity contribution in [2.24, 2.45) is 0 Å². The van der Waals surface area contributed by atoms with Gasteiger partial charge in [-0.25, -0.2) is 8.42 Å². The van der Waals surface area contributed by atoms with Crippen LogP contribution in [0.15, 0.2) is 51.8 Å². The Hall–Kier alpha value is -1.41. The Balaban J connectivity index is 1.75. The van der Waals surface area contributed by atoms with Crippen molar-refractivity contribution in [1.29, 1.82) is 0 Å². The Labute approximate surface area is 166 Å². The van der Waals surface area contributed by atoms with E-state index in [-0.39, 0.29) is 10.8 Å². The van der Waals surface area contributed by atoms with E-state index in [9.17, 15) is 13.2 Å². The zero-order valence-corrected chi connectivity index (χ0v) is 17.1. The topological polar surface area (TPSA) is 66.5 Å². The van der Waals surface area contributed by atoms with Crippen molar-refractivity contribution in [3.63, 3.8) is 0 Å². The van der Waals surface area contributed by atoms with Gasteiger partial charge in [0.25, 0.3) is 5.91 Å². The van der Waals surface area contributed by atoms with Gasteiger partial charge in [0.2, 0.25) is 10.0 Å². The summed E-state index contributed by atoms with van der Waals surface area (Å²) < 4.78 is 27.6. The molecule has 0 unspecified atom stereocenters. The quantitative estimate of drug-likeness (QED) is 0.733. The number of carbonyl (C=O) groups excluding carboxylic acids is 1. The van der Waals surface area contributed by atoms with Gasteiger partial charge in [-0.2, -0.15) is 4.31 Å². The maximum Gasteiger partial charge on any atom is 0.255 e. The third-order valence-corrected chi connectivity index (χ3v) is 6.97. The fourth-order valence-corrected chi connectivity index (χ4v) is 5.06. The molecule has 0 bridgehead atoms. The predicted octanol–water partition coefficient (Wildman–Crippen LogP) is 4.53. The van der Waals surface area contributed by atoms with Crippen LogP contribution in [0.1, 0.15) is 29.6 Å². The van der Waals surface area contributed by atoms with Gasteiger partial charge in [-0.1, -0.05) is 34.0 Å². The Kier molecular flexibility index (Phi) is 6.02. The summed E-state index contributed by atoms with van der Waals surface area (Å²) in [5.74, 6) is -0.351. The van der Waals surface area contributed by atoms with Gasteiger partial charge in [0.1, 0.15) is 0 Å². The van der Waals surface area contributed by atoms with Gasteiger partial charge < -0.3 is 5.32 Å². The second kappa shape index (κ2) is 8.08. The summed E-state index contributed by atoms with van der Waals surface area (Å²) in [5.41, 5.74) is 0.853. The van der Waals surface area contributed by atoms with E-state index in [1.54, 1.807) is 18.2 Å². The minimum Gasteiger partial charge on any atom is -0.321 e. The zero-order chi connectivity index (χ0) is 18.7. The van der Waals surface area contributed by atoms with Crippen LogP contribution in [-0.2, 0) is 10.0 Å². The second-order valence-corrected chi connectivity index (χ2v) is 9.33. The molecule has 2 aromatic carbocycles. The number of benzene rings is 2. The molecule has 26 heavy (non-hydrogen) atoms. The van der Waals surface area contributed by atoms with Crippen LogP contribution in [0.3, 0.4) is 0 Å². The van der Waals surface area contributed by atoms with Crippen LogP contribution >= 0.6 is 27.5 Å². The Morgan fingerprint density at radius 2 is 1.69 bits per heavy atom. The number of piperidine rings is 1. The molecule has 0 aromatic heterocycles. The molecule has 1 fully saturated rings. The monoisotopic (exact) mass is 456 g/mol. The van der Waals surface area contributed by atoms with Crippen LogP contribution in [-0.4, -0.2) is 31.7 Å². The summed E-state index contributed by atoms with van der Waals surface area (Å²) in [6, 6.07) is 11.1. The molecule has 0 saturated carbocycles. The lowest BCUT2D eigenvalue weighted by molar-refractivity contribution is 0.102. The van der Waals surface area contributed by atoms with Gasteiger partial charge in [0, 0.05) is 23.1 Å². The molecule has 1 saturated heterocycles. The Morgan fingerprint density at radius 3 is 2.31 bits per heavy atom. The average molecular weight is 458 g/mol. The van der Waals surface area contributed by atoms with Crippen molar-refractivity contribution >= 4 is 49.1 Å². The molecular weight excluding hydrogens is 440 g/mol. The second-order valence-electron chi connectivity index (χ2n) is 6.07. The van der Waals surface area contributed by atoms with Gasteiger partial charge in [-0.05, 0) is 55.3 Å². The van der Waals surface area contributed by atoms with Crippen molar-refractivity contribution in [2.45, 2.75) is 24.2 Å². The van der Waals surface area contributed by atoms with E-state index >= 15 is 0 Å². The molecule has 1 heterocycles. The van der Waals surface area contributed by atoms with Gasteiger partial charge >= 0.3 is 0 Å². The molecule has 0 radical (unpaired) electrons. The minimum atomic E-state index is -3.50. The van der Waals surface area contributed by atoms with Crippen LogP contribution < -0.4 is 5.32 Å². The molecular formula is C18H18BrClN2O3S. The Bertz CT molecular complexity index is 911. The van der Waals surface area contributed by atoms with E-state index in [4.69, 9.17) is 11.6 Å². The lowest BCUT2D eigenvalue weighted by atomic mass is 10.2. The smallest absolute Gasteiger partial charge is 0.255 e. The summed E-state index contributed by atoms with van der Waals surface area (Å²) >= 11 is 9.41. The highest BCUT2D eigenvalue weighted by atomic mass is 79.9. The maximum absolute atomic E-state index is 12.6. The van der Waals surface area contributed by atoms with E-state index in [1.807, 2.05) is 0 Å². The number of amides is 1. The van der Waals surface area contributed by atoms with Crippen molar-refractivity contribution in [1.82, 2.24) is 4.31 Å². The fourth-order valence-electron chi connectivity index (χ4n) is 2.82. The molecule has 0 aliphatic carbocycles. The first kappa shape index (κ1) is 19.4. The van der Waals surface area contributed by atoms with E-state index in [1.165, 1.54) is 28.6 Å². The SMILES string of the molecule is O=C(Nc1ccc(Br)cc1Cl)c1ccc(S(=O)(=O)N2CCCCC2)cc1. The number of hydrogen-bond acceptors (Lipinski definition) is 3. The highest BCUT2D eigenvalue weighted by molar-refractivity contribution is 9.10. The molecule has 2 aromatic rings. The maximum atomic E-state index is 12.6. The van der Waals surface area contributed by atoms with E-state index in [0.29, 0.717) is 29.4 Å². The lowest BCUT2D eigenvalue weighted by Gasteiger charge is -2.25. The molecule has 8 heteroatoms.